The molecule has 0 spiro atoms. The van der Waals surface area contributed by atoms with Crippen molar-refractivity contribution in [2.75, 3.05) is 12.4 Å². The Morgan fingerprint density at radius 2 is 2.00 bits per heavy atom. The molecule has 5 heteroatoms. The van der Waals surface area contributed by atoms with Crippen LogP contribution < -0.4 is 0 Å². The minimum atomic E-state index is -0.396. The molecule has 0 saturated heterocycles. The Labute approximate surface area is 99.8 Å². The van der Waals surface area contributed by atoms with E-state index in [-0.39, 0.29) is 11.5 Å². The standard InChI is InChI=1S/C11H15NO3S/c1-4-15-11(14)9-6(2)10(8(13)5-16)12-7(9)3/h12,16H,4-5H2,1-3H3. The van der Waals surface area contributed by atoms with Crippen molar-refractivity contribution in [3.8, 4) is 0 Å². The lowest BCUT2D eigenvalue weighted by Gasteiger charge is -2.02. The summed E-state index contributed by atoms with van der Waals surface area (Å²) in [7, 11) is 0. The second-order valence-corrected chi connectivity index (χ2v) is 3.74. The Hall–Kier alpha value is -1.23. The highest BCUT2D eigenvalue weighted by Gasteiger charge is 2.21. The van der Waals surface area contributed by atoms with Gasteiger partial charge in [0.05, 0.1) is 23.6 Å². The molecule has 88 valence electrons. The van der Waals surface area contributed by atoms with Gasteiger partial charge in [0.15, 0.2) is 5.78 Å². The molecule has 0 radical (unpaired) electrons. The van der Waals surface area contributed by atoms with Crippen molar-refractivity contribution in [2.45, 2.75) is 20.8 Å². The molecule has 0 aromatic carbocycles. The SMILES string of the molecule is CCOC(=O)c1c(C)[nH]c(C(=O)CS)c1C. The highest BCUT2D eigenvalue weighted by Crippen LogP contribution is 2.19. The zero-order valence-corrected chi connectivity index (χ0v) is 10.5. The first kappa shape index (κ1) is 12.8. The number of nitrogens with one attached hydrogen (secondary N) is 1. The average molecular weight is 241 g/mol. The highest BCUT2D eigenvalue weighted by molar-refractivity contribution is 7.81. The molecule has 0 aliphatic heterocycles. The summed E-state index contributed by atoms with van der Waals surface area (Å²) < 4.78 is 4.93. The Morgan fingerprint density at radius 1 is 1.38 bits per heavy atom. The van der Waals surface area contributed by atoms with Crippen LogP contribution in [0.25, 0.3) is 0 Å². The molecule has 0 bridgehead atoms. The van der Waals surface area contributed by atoms with E-state index < -0.39 is 5.97 Å². The van der Waals surface area contributed by atoms with Crippen LogP contribution in [0.4, 0.5) is 0 Å². The molecular formula is C11H15NO3S. The average Bonchev–Trinajstić information content (AvgIpc) is 2.53. The second-order valence-electron chi connectivity index (χ2n) is 3.43. The third kappa shape index (κ3) is 2.29. The van der Waals surface area contributed by atoms with Gasteiger partial charge in [-0.1, -0.05) is 0 Å². The van der Waals surface area contributed by atoms with E-state index in [1.54, 1.807) is 20.8 Å². The number of H-pyrrole nitrogens is 1. The minimum Gasteiger partial charge on any atom is -0.462 e. The molecule has 0 unspecified atom stereocenters. The lowest BCUT2D eigenvalue weighted by atomic mass is 10.1. The number of aryl methyl sites for hydroxylation is 1. The number of carbonyl (C=O) groups excluding carboxylic acids is 2. The molecule has 0 fully saturated rings. The van der Waals surface area contributed by atoms with Crippen LogP contribution in [0.15, 0.2) is 0 Å². The van der Waals surface area contributed by atoms with Crippen molar-refractivity contribution < 1.29 is 14.3 Å². The van der Waals surface area contributed by atoms with Crippen molar-refractivity contribution in [1.82, 2.24) is 4.98 Å². The summed E-state index contributed by atoms with van der Waals surface area (Å²) in [4.78, 5) is 26.1. The Morgan fingerprint density at radius 3 is 2.50 bits per heavy atom. The number of Topliss-reactive ketones (excluding diaryl/α,β-unsaturated/α-hetero) is 1. The van der Waals surface area contributed by atoms with Gasteiger partial charge in [-0.05, 0) is 26.3 Å². The van der Waals surface area contributed by atoms with Gasteiger partial charge in [0.25, 0.3) is 0 Å². The van der Waals surface area contributed by atoms with E-state index in [0.717, 1.165) is 0 Å². The van der Waals surface area contributed by atoms with Gasteiger partial charge in [-0.2, -0.15) is 12.6 Å². The van der Waals surface area contributed by atoms with E-state index in [9.17, 15) is 9.59 Å². The van der Waals surface area contributed by atoms with Gasteiger partial charge in [0.1, 0.15) is 0 Å². The zero-order chi connectivity index (χ0) is 12.3. The lowest BCUT2D eigenvalue weighted by molar-refractivity contribution is 0.0525. The van der Waals surface area contributed by atoms with Crippen LogP contribution in [0.3, 0.4) is 0 Å². The quantitative estimate of drug-likeness (QED) is 0.481. The maximum atomic E-state index is 11.6. The van der Waals surface area contributed by atoms with E-state index in [4.69, 9.17) is 4.74 Å². The van der Waals surface area contributed by atoms with Gasteiger partial charge in [-0.25, -0.2) is 4.79 Å². The molecule has 1 rings (SSSR count). The Balaban J connectivity index is 3.17. The lowest BCUT2D eigenvalue weighted by Crippen LogP contribution is -2.07. The summed E-state index contributed by atoms with van der Waals surface area (Å²) in [5.41, 5.74) is 2.18. The predicted octanol–water partition coefficient (Wildman–Crippen LogP) is 1.92. The van der Waals surface area contributed by atoms with Crippen LogP contribution in [0.2, 0.25) is 0 Å². The van der Waals surface area contributed by atoms with Gasteiger partial charge in [-0.3, -0.25) is 4.79 Å². The van der Waals surface area contributed by atoms with Gasteiger partial charge >= 0.3 is 5.97 Å². The fourth-order valence-corrected chi connectivity index (χ4v) is 1.78. The molecule has 4 nitrogen and oxygen atoms in total. The van der Waals surface area contributed by atoms with E-state index in [2.05, 4.69) is 17.6 Å². The first-order chi connectivity index (χ1) is 7.52. The third-order valence-electron chi connectivity index (χ3n) is 2.34. The van der Waals surface area contributed by atoms with E-state index in [0.29, 0.717) is 29.1 Å². The number of ether oxygens (including phenoxy) is 1. The number of carbonyl (C=O) groups is 2. The van der Waals surface area contributed by atoms with Crippen LogP contribution in [0.5, 0.6) is 0 Å². The van der Waals surface area contributed by atoms with Crippen LogP contribution in [-0.4, -0.2) is 29.1 Å². The number of esters is 1. The fourth-order valence-electron chi connectivity index (χ4n) is 1.62. The molecule has 0 amide bonds. The number of rotatable bonds is 4. The number of aromatic amines is 1. The molecule has 1 N–H and O–H groups in total. The Kier molecular flexibility index (Phi) is 4.18. The molecule has 0 atom stereocenters. The number of hydrogen-bond donors (Lipinski definition) is 2. The summed E-state index contributed by atoms with van der Waals surface area (Å²) in [6, 6.07) is 0. The van der Waals surface area contributed by atoms with Gasteiger partial charge in [0, 0.05) is 5.69 Å². The monoisotopic (exact) mass is 241 g/mol. The molecule has 1 aromatic heterocycles. The van der Waals surface area contributed by atoms with E-state index in [1.165, 1.54) is 0 Å². The summed E-state index contributed by atoms with van der Waals surface area (Å²) >= 11 is 3.93. The van der Waals surface area contributed by atoms with Crippen molar-refractivity contribution >= 4 is 24.4 Å². The molecule has 1 aromatic rings. The normalized spacial score (nSPS) is 10.2. The maximum Gasteiger partial charge on any atom is 0.340 e. The molecule has 16 heavy (non-hydrogen) atoms. The number of thiol groups is 1. The zero-order valence-electron chi connectivity index (χ0n) is 9.59. The summed E-state index contributed by atoms with van der Waals surface area (Å²) in [5.74, 6) is -0.408. The summed E-state index contributed by atoms with van der Waals surface area (Å²) in [5, 5.41) is 0. The van der Waals surface area contributed by atoms with Crippen LogP contribution in [-0.2, 0) is 4.74 Å². The summed E-state index contributed by atoms with van der Waals surface area (Å²) in [6.45, 7) is 5.54. The first-order valence-electron chi connectivity index (χ1n) is 5.03. The second kappa shape index (κ2) is 5.21. The topological polar surface area (TPSA) is 59.2 Å². The van der Waals surface area contributed by atoms with E-state index in [1.807, 2.05) is 0 Å². The predicted molar refractivity (Wildman–Crippen MR) is 64.4 cm³/mol. The van der Waals surface area contributed by atoms with Gasteiger partial charge < -0.3 is 9.72 Å². The number of aromatic nitrogens is 1. The van der Waals surface area contributed by atoms with Crippen LogP contribution in [0, 0.1) is 13.8 Å². The van der Waals surface area contributed by atoms with Crippen LogP contribution in [0.1, 0.15) is 39.0 Å². The molecule has 1 heterocycles. The largest absolute Gasteiger partial charge is 0.462 e. The molecule has 0 aliphatic rings. The third-order valence-corrected chi connectivity index (χ3v) is 2.63. The van der Waals surface area contributed by atoms with E-state index >= 15 is 0 Å². The van der Waals surface area contributed by atoms with Crippen LogP contribution >= 0.6 is 12.6 Å². The van der Waals surface area contributed by atoms with Crippen molar-refractivity contribution in [2.24, 2.45) is 0 Å². The molecule has 0 saturated carbocycles. The first-order valence-corrected chi connectivity index (χ1v) is 5.66. The van der Waals surface area contributed by atoms with Crippen molar-refractivity contribution in [1.29, 1.82) is 0 Å². The number of ketones is 1. The Bertz CT molecular complexity index is 423. The summed E-state index contributed by atoms with van der Waals surface area (Å²) in [6.07, 6.45) is 0. The fraction of sp³-hybridized carbons (Fsp3) is 0.455. The van der Waals surface area contributed by atoms with Crippen molar-refractivity contribution in [3.05, 3.63) is 22.5 Å². The molecular weight excluding hydrogens is 226 g/mol. The van der Waals surface area contributed by atoms with Gasteiger partial charge in [0.2, 0.25) is 0 Å². The maximum absolute atomic E-state index is 11.6. The van der Waals surface area contributed by atoms with Crippen molar-refractivity contribution in [3.63, 3.8) is 0 Å². The van der Waals surface area contributed by atoms with Gasteiger partial charge in [-0.15, -0.1) is 0 Å². The molecule has 0 aliphatic carbocycles. The smallest absolute Gasteiger partial charge is 0.340 e. The minimum absolute atomic E-state index is 0.114. The number of hydrogen-bond acceptors (Lipinski definition) is 4. The highest BCUT2D eigenvalue weighted by atomic mass is 32.1.